The van der Waals surface area contributed by atoms with Gasteiger partial charge in [0.25, 0.3) is 0 Å². The van der Waals surface area contributed by atoms with E-state index in [0.29, 0.717) is 0 Å². The molecular formula is C17H14BrN3. The van der Waals surface area contributed by atoms with Gasteiger partial charge in [-0.1, -0.05) is 52.3 Å². The lowest BCUT2D eigenvalue weighted by Gasteiger charge is -2.08. The van der Waals surface area contributed by atoms with Crippen LogP contribution in [0, 0.1) is 6.92 Å². The number of hydrogen-bond acceptors (Lipinski definition) is 3. The molecule has 0 aliphatic heterocycles. The zero-order valence-electron chi connectivity index (χ0n) is 11.5. The van der Waals surface area contributed by atoms with Gasteiger partial charge in [-0.3, -0.25) is 0 Å². The first kappa shape index (κ1) is 13.8. The second-order valence-electron chi connectivity index (χ2n) is 4.82. The van der Waals surface area contributed by atoms with E-state index in [2.05, 4.69) is 38.9 Å². The molecule has 2 aromatic carbocycles. The monoisotopic (exact) mass is 339 g/mol. The summed E-state index contributed by atoms with van der Waals surface area (Å²) in [5.41, 5.74) is 10.8. The number of benzene rings is 2. The summed E-state index contributed by atoms with van der Waals surface area (Å²) in [7, 11) is 0. The van der Waals surface area contributed by atoms with Crippen molar-refractivity contribution in [3.8, 4) is 22.5 Å². The summed E-state index contributed by atoms with van der Waals surface area (Å²) in [6, 6.07) is 18.1. The normalized spacial score (nSPS) is 10.6. The molecule has 0 spiro atoms. The van der Waals surface area contributed by atoms with Gasteiger partial charge in [0.15, 0.2) is 0 Å². The van der Waals surface area contributed by atoms with Gasteiger partial charge in [0, 0.05) is 15.6 Å². The van der Waals surface area contributed by atoms with E-state index in [0.717, 1.165) is 32.6 Å². The third kappa shape index (κ3) is 2.95. The standard InChI is InChI=1S/C17H14BrN3/c1-11-5-2-3-8-14(11)16-10-15(20-17(19)21-16)12-6-4-7-13(18)9-12/h2-10H,1H3,(H2,19,20,21). The fourth-order valence-electron chi connectivity index (χ4n) is 2.26. The molecule has 3 rings (SSSR count). The summed E-state index contributed by atoms with van der Waals surface area (Å²) in [5, 5.41) is 0. The minimum absolute atomic E-state index is 0.283. The highest BCUT2D eigenvalue weighted by Gasteiger charge is 2.08. The molecule has 0 saturated carbocycles. The molecule has 0 aliphatic rings. The van der Waals surface area contributed by atoms with Gasteiger partial charge in [-0.15, -0.1) is 0 Å². The summed E-state index contributed by atoms with van der Waals surface area (Å²) < 4.78 is 1.01. The summed E-state index contributed by atoms with van der Waals surface area (Å²) in [6.07, 6.45) is 0. The van der Waals surface area contributed by atoms with Crippen LogP contribution < -0.4 is 5.73 Å². The highest BCUT2D eigenvalue weighted by molar-refractivity contribution is 9.10. The van der Waals surface area contributed by atoms with Gasteiger partial charge in [-0.25, -0.2) is 9.97 Å². The van der Waals surface area contributed by atoms with Crippen LogP contribution in [0.4, 0.5) is 5.95 Å². The maximum absolute atomic E-state index is 5.89. The van der Waals surface area contributed by atoms with Crippen LogP contribution in [-0.2, 0) is 0 Å². The lowest BCUT2D eigenvalue weighted by atomic mass is 10.0. The highest BCUT2D eigenvalue weighted by Crippen LogP contribution is 2.27. The highest BCUT2D eigenvalue weighted by atomic mass is 79.9. The Morgan fingerprint density at radius 1 is 0.905 bits per heavy atom. The Bertz CT molecular complexity index is 800. The van der Waals surface area contributed by atoms with Crippen molar-refractivity contribution in [3.63, 3.8) is 0 Å². The maximum Gasteiger partial charge on any atom is 0.221 e. The van der Waals surface area contributed by atoms with Crippen LogP contribution in [0.2, 0.25) is 0 Å². The molecule has 1 heterocycles. The van der Waals surface area contributed by atoms with Gasteiger partial charge in [0.05, 0.1) is 11.4 Å². The van der Waals surface area contributed by atoms with Gasteiger partial charge in [-0.05, 0) is 30.7 Å². The topological polar surface area (TPSA) is 51.8 Å². The number of nitrogen functional groups attached to an aromatic ring is 1. The first-order valence-electron chi connectivity index (χ1n) is 6.60. The molecule has 0 bridgehead atoms. The van der Waals surface area contributed by atoms with Crippen LogP contribution in [0.25, 0.3) is 22.5 Å². The number of anilines is 1. The van der Waals surface area contributed by atoms with Crippen LogP contribution in [-0.4, -0.2) is 9.97 Å². The van der Waals surface area contributed by atoms with Crippen molar-refractivity contribution >= 4 is 21.9 Å². The molecule has 2 N–H and O–H groups in total. The first-order valence-corrected chi connectivity index (χ1v) is 7.39. The summed E-state index contributed by atoms with van der Waals surface area (Å²) in [6.45, 7) is 2.06. The second kappa shape index (κ2) is 5.66. The van der Waals surface area contributed by atoms with E-state index in [1.54, 1.807) is 0 Å². The van der Waals surface area contributed by atoms with E-state index in [9.17, 15) is 0 Å². The predicted octanol–water partition coefficient (Wildman–Crippen LogP) is 4.46. The Labute approximate surface area is 132 Å². The van der Waals surface area contributed by atoms with E-state index in [4.69, 9.17) is 5.73 Å². The van der Waals surface area contributed by atoms with Crippen molar-refractivity contribution in [2.24, 2.45) is 0 Å². The van der Waals surface area contributed by atoms with Crippen LogP contribution in [0.1, 0.15) is 5.56 Å². The van der Waals surface area contributed by atoms with Gasteiger partial charge in [0.1, 0.15) is 0 Å². The number of hydrogen-bond donors (Lipinski definition) is 1. The van der Waals surface area contributed by atoms with Gasteiger partial charge < -0.3 is 5.73 Å². The zero-order chi connectivity index (χ0) is 14.8. The lowest BCUT2D eigenvalue weighted by Crippen LogP contribution is -1.99. The molecule has 0 radical (unpaired) electrons. The molecule has 4 heteroatoms. The van der Waals surface area contributed by atoms with E-state index in [1.165, 1.54) is 0 Å². The third-order valence-electron chi connectivity index (χ3n) is 3.28. The van der Waals surface area contributed by atoms with Crippen molar-refractivity contribution in [2.75, 3.05) is 5.73 Å². The minimum atomic E-state index is 0.283. The quantitative estimate of drug-likeness (QED) is 0.749. The molecule has 104 valence electrons. The number of halogens is 1. The van der Waals surface area contributed by atoms with Crippen LogP contribution in [0.3, 0.4) is 0 Å². The number of aromatic nitrogens is 2. The molecular weight excluding hydrogens is 326 g/mol. The smallest absolute Gasteiger partial charge is 0.221 e. The molecule has 21 heavy (non-hydrogen) atoms. The van der Waals surface area contributed by atoms with Crippen LogP contribution >= 0.6 is 15.9 Å². The molecule has 0 fully saturated rings. The minimum Gasteiger partial charge on any atom is -0.368 e. The average molecular weight is 340 g/mol. The van der Waals surface area contributed by atoms with Crippen molar-refractivity contribution in [2.45, 2.75) is 6.92 Å². The van der Waals surface area contributed by atoms with Crippen LogP contribution in [0.5, 0.6) is 0 Å². The van der Waals surface area contributed by atoms with Gasteiger partial charge in [-0.2, -0.15) is 0 Å². The maximum atomic E-state index is 5.89. The van der Waals surface area contributed by atoms with E-state index >= 15 is 0 Å². The Balaban J connectivity index is 2.15. The van der Waals surface area contributed by atoms with E-state index in [-0.39, 0.29) is 5.95 Å². The van der Waals surface area contributed by atoms with Crippen molar-refractivity contribution in [3.05, 3.63) is 64.6 Å². The van der Waals surface area contributed by atoms with Crippen molar-refractivity contribution in [1.29, 1.82) is 0 Å². The molecule has 0 saturated heterocycles. The average Bonchev–Trinajstić information content (AvgIpc) is 2.47. The number of nitrogens with two attached hydrogens (primary N) is 1. The van der Waals surface area contributed by atoms with E-state index in [1.807, 2.05) is 48.5 Å². The Morgan fingerprint density at radius 2 is 1.67 bits per heavy atom. The third-order valence-corrected chi connectivity index (χ3v) is 3.78. The largest absolute Gasteiger partial charge is 0.368 e. The predicted molar refractivity (Wildman–Crippen MR) is 89.8 cm³/mol. The number of rotatable bonds is 2. The lowest BCUT2D eigenvalue weighted by molar-refractivity contribution is 1.19. The molecule has 0 aliphatic carbocycles. The Kier molecular flexibility index (Phi) is 3.71. The fraction of sp³-hybridized carbons (Fsp3) is 0.0588. The van der Waals surface area contributed by atoms with Gasteiger partial charge in [0.2, 0.25) is 5.95 Å². The summed E-state index contributed by atoms with van der Waals surface area (Å²) in [4.78, 5) is 8.71. The van der Waals surface area contributed by atoms with Crippen molar-refractivity contribution in [1.82, 2.24) is 9.97 Å². The van der Waals surface area contributed by atoms with Gasteiger partial charge >= 0.3 is 0 Å². The molecule has 0 amide bonds. The number of nitrogens with zero attached hydrogens (tertiary/aromatic N) is 2. The molecule has 0 atom stereocenters. The molecule has 1 aromatic heterocycles. The fourth-order valence-corrected chi connectivity index (χ4v) is 2.66. The van der Waals surface area contributed by atoms with Crippen LogP contribution in [0.15, 0.2) is 59.1 Å². The summed E-state index contributed by atoms with van der Waals surface area (Å²) in [5.74, 6) is 0.283. The van der Waals surface area contributed by atoms with Crippen molar-refractivity contribution < 1.29 is 0 Å². The second-order valence-corrected chi connectivity index (χ2v) is 5.74. The Morgan fingerprint density at radius 3 is 2.43 bits per heavy atom. The first-order chi connectivity index (χ1) is 10.1. The molecule has 3 nitrogen and oxygen atoms in total. The summed E-state index contributed by atoms with van der Waals surface area (Å²) >= 11 is 3.48. The number of aryl methyl sites for hydroxylation is 1. The SMILES string of the molecule is Cc1ccccc1-c1cc(-c2cccc(Br)c2)nc(N)n1. The van der Waals surface area contributed by atoms with E-state index < -0.39 is 0 Å². The molecule has 0 unspecified atom stereocenters. The zero-order valence-corrected chi connectivity index (χ0v) is 13.1. The molecule has 3 aromatic rings. The Hall–Kier alpha value is -2.20.